The van der Waals surface area contributed by atoms with Crippen LogP contribution in [-0.4, -0.2) is 19.6 Å². The molecule has 1 unspecified atom stereocenters. The van der Waals surface area contributed by atoms with E-state index in [2.05, 4.69) is 15.6 Å². The number of hydrogen-bond donors (Lipinski definition) is 3. The van der Waals surface area contributed by atoms with Crippen molar-refractivity contribution in [2.75, 3.05) is 5.73 Å². The second-order valence-corrected chi connectivity index (χ2v) is 4.31. The Morgan fingerprint density at radius 3 is 2.67 bits per heavy atom. The van der Waals surface area contributed by atoms with Gasteiger partial charge in [-0.25, -0.2) is 5.43 Å². The van der Waals surface area contributed by atoms with Crippen LogP contribution in [0.1, 0.15) is 24.2 Å². The maximum absolute atomic E-state index is 6.16. The lowest BCUT2D eigenvalue weighted by Crippen LogP contribution is -2.31. The summed E-state index contributed by atoms with van der Waals surface area (Å²) in [4.78, 5) is 0. The second kappa shape index (κ2) is 4.97. The SMILES string of the molecule is CCn1ncc(Cl)c1C(NN)c1cnn(C)c1N. The number of halogens is 1. The van der Waals surface area contributed by atoms with E-state index in [-0.39, 0.29) is 6.04 Å². The number of hydrazine groups is 1. The molecule has 0 bridgehead atoms. The van der Waals surface area contributed by atoms with Gasteiger partial charge in [0.05, 0.1) is 29.2 Å². The van der Waals surface area contributed by atoms with Crippen LogP contribution >= 0.6 is 11.6 Å². The zero-order valence-electron chi connectivity index (χ0n) is 10.3. The quantitative estimate of drug-likeness (QED) is 0.552. The highest BCUT2D eigenvalue weighted by molar-refractivity contribution is 6.31. The van der Waals surface area contributed by atoms with Crippen molar-refractivity contribution >= 4 is 17.4 Å². The van der Waals surface area contributed by atoms with Crippen LogP contribution in [0.5, 0.6) is 0 Å². The molecular formula is C10H16ClN7. The van der Waals surface area contributed by atoms with Crippen molar-refractivity contribution in [3.63, 3.8) is 0 Å². The number of aryl methyl sites for hydroxylation is 2. The van der Waals surface area contributed by atoms with Crippen LogP contribution in [0.3, 0.4) is 0 Å². The Balaban J connectivity index is 2.51. The Morgan fingerprint density at radius 2 is 2.17 bits per heavy atom. The van der Waals surface area contributed by atoms with Crippen molar-refractivity contribution < 1.29 is 0 Å². The molecule has 0 saturated carbocycles. The maximum Gasteiger partial charge on any atom is 0.126 e. The number of hydrogen-bond acceptors (Lipinski definition) is 5. The molecule has 2 aromatic heterocycles. The Bertz CT molecular complexity index is 544. The summed E-state index contributed by atoms with van der Waals surface area (Å²) in [6.07, 6.45) is 3.26. The van der Waals surface area contributed by atoms with Gasteiger partial charge in [-0.3, -0.25) is 15.2 Å². The first-order valence-corrected chi connectivity index (χ1v) is 5.92. The Kier molecular flexibility index (Phi) is 3.55. The lowest BCUT2D eigenvalue weighted by molar-refractivity contribution is 0.544. The second-order valence-electron chi connectivity index (χ2n) is 3.90. The topological polar surface area (TPSA) is 99.7 Å². The van der Waals surface area contributed by atoms with Gasteiger partial charge in [-0.15, -0.1) is 0 Å². The summed E-state index contributed by atoms with van der Waals surface area (Å²) in [5, 5.41) is 8.83. The number of anilines is 1. The Hall–Kier alpha value is -1.57. The molecule has 0 saturated heterocycles. The minimum absolute atomic E-state index is 0.339. The summed E-state index contributed by atoms with van der Waals surface area (Å²) in [6.45, 7) is 2.67. The fraction of sp³-hybridized carbons (Fsp3) is 0.400. The summed E-state index contributed by atoms with van der Waals surface area (Å²) in [7, 11) is 1.77. The Morgan fingerprint density at radius 1 is 1.44 bits per heavy atom. The zero-order chi connectivity index (χ0) is 13.3. The summed E-state index contributed by atoms with van der Waals surface area (Å²) >= 11 is 6.16. The molecule has 0 aromatic carbocycles. The molecule has 5 N–H and O–H groups in total. The molecule has 8 heteroatoms. The zero-order valence-corrected chi connectivity index (χ0v) is 11.0. The number of nitrogens with zero attached hydrogens (tertiary/aromatic N) is 4. The van der Waals surface area contributed by atoms with Crippen molar-refractivity contribution in [2.45, 2.75) is 19.5 Å². The predicted octanol–water partition coefficient (Wildman–Crippen LogP) is 0.425. The monoisotopic (exact) mass is 269 g/mol. The van der Waals surface area contributed by atoms with Gasteiger partial charge in [-0.2, -0.15) is 10.2 Å². The first-order valence-electron chi connectivity index (χ1n) is 5.54. The van der Waals surface area contributed by atoms with E-state index >= 15 is 0 Å². The van der Waals surface area contributed by atoms with Crippen molar-refractivity contribution in [3.05, 3.63) is 28.7 Å². The molecule has 0 amide bonds. The van der Waals surface area contributed by atoms with Crippen LogP contribution in [0.4, 0.5) is 5.82 Å². The van der Waals surface area contributed by atoms with Crippen molar-refractivity contribution in [2.24, 2.45) is 12.9 Å². The van der Waals surface area contributed by atoms with Gasteiger partial charge in [0, 0.05) is 19.2 Å². The largest absolute Gasteiger partial charge is 0.384 e. The molecule has 0 fully saturated rings. The first-order chi connectivity index (χ1) is 8.60. The summed E-state index contributed by atoms with van der Waals surface area (Å²) in [5.41, 5.74) is 10.2. The van der Waals surface area contributed by atoms with E-state index in [1.54, 1.807) is 28.8 Å². The summed E-state index contributed by atoms with van der Waals surface area (Å²) < 4.78 is 3.36. The van der Waals surface area contributed by atoms with Crippen LogP contribution in [-0.2, 0) is 13.6 Å². The smallest absolute Gasteiger partial charge is 0.126 e. The molecule has 0 spiro atoms. The van der Waals surface area contributed by atoms with E-state index in [1.165, 1.54) is 0 Å². The highest BCUT2D eigenvalue weighted by Crippen LogP contribution is 2.30. The molecule has 98 valence electrons. The van der Waals surface area contributed by atoms with E-state index in [9.17, 15) is 0 Å². The van der Waals surface area contributed by atoms with Gasteiger partial charge in [0.15, 0.2) is 0 Å². The van der Waals surface area contributed by atoms with Gasteiger partial charge in [-0.05, 0) is 6.92 Å². The van der Waals surface area contributed by atoms with Gasteiger partial charge in [-0.1, -0.05) is 11.6 Å². The van der Waals surface area contributed by atoms with Crippen molar-refractivity contribution in [1.29, 1.82) is 0 Å². The van der Waals surface area contributed by atoms with Gasteiger partial charge in [0.2, 0.25) is 0 Å². The van der Waals surface area contributed by atoms with Crippen LogP contribution in [0.15, 0.2) is 12.4 Å². The number of rotatable bonds is 4. The van der Waals surface area contributed by atoms with E-state index in [0.717, 1.165) is 11.3 Å². The molecule has 2 heterocycles. The molecule has 0 radical (unpaired) electrons. The van der Waals surface area contributed by atoms with E-state index in [1.807, 2.05) is 6.92 Å². The summed E-state index contributed by atoms with van der Waals surface area (Å²) in [6, 6.07) is -0.339. The highest BCUT2D eigenvalue weighted by atomic mass is 35.5. The third-order valence-corrected chi connectivity index (χ3v) is 3.19. The average molecular weight is 270 g/mol. The lowest BCUT2D eigenvalue weighted by atomic mass is 10.1. The third-order valence-electron chi connectivity index (χ3n) is 2.90. The first kappa shape index (κ1) is 12.9. The van der Waals surface area contributed by atoms with Crippen LogP contribution in [0.25, 0.3) is 0 Å². The minimum atomic E-state index is -0.339. The minimum Gasteiger partial charge on any atom is -0.384 e. The summed E-state index contributed by atoms with van der Waals surface area (Å²) in [5.74, 6) is 6.16. The van der Waals surface area contributed by atoms with Crippen LogP contribution in [0.2, 0.25) is 5.02 Å². The molecule has 2 rings (SSSR count). The fourth-order valence-electron chi connectivity index (χ4n) is 1.91. The van der Waals surface area contributed by atoms with Crippen molar-refractivity contribution in [3.8, 4) is 0 Å². The predicted molar refractivity (Wildman–Crippen MR) is 69.7 cm³/mol. The van der Waals surface area contributed by atoms with Crippen LogP contribution < -0.4 is 17.0 Å². The van der Waals surface area contributed by atoms with E-state index < -0.39 is 0 Å². The average Bonchev–Trinajstić information content (AvgIpc) is 2.89. The fourth-order valence-corrected chi connectivity index (χ4v) is 2.16. The lowest BCUT2D eigenvalue weighted by Gasteiger charge is -2.17. The molecule has 0 aliphatic heterocycles. The maximum atomic E-state index is 6.16. The molecule has 7 nitrogen and oxygen atoms in total. The molecular weight excluding hydrogens is 254 g/mol. The standard InChI is InChI=1S/C10H16ClN7/c1-3-18-9(7(11)5-15-18)8(16-13)6-4-14-17(2)10(6)12/h4-5,8,16H,3,12-13H2,1-2H3. The number of nitrogens with two attached hydrogens (primary N) is 2. The van der Waals surface area contributed by atoms with Gasteiger partial charge < -0.3 is 5.73 Å². The number of nitrogen functional groups attached to an aromatic ring is 1. The molecule has 18 heavy (non-hydrogen) atoms. The van der Waals surface area contributed by atoms with Crippen LogP contribution in [0, 0.1) is 0 Å². The van der Waals surface area contributed by atoms with Gasteiger partial charge >= 0.3 is 0 Å². The van der Waals surface area contributed by atoms with Gasteiger partial charge in [0.25, 0.3) is 0 Å². The third kappa shape index (κ3) is 1.96. The Labute approximate surface area is 110 Å². The normalized spacial score (nSPS) is 12.9. The van der Waals surface area contributed by atoms with Crippen molar-refractivity contribution in [1.82, 2.24) is 25.0 Å². The van der Waals surface area contributed by atoms with E-state index in [4.69, 9.17) is 23.2 Å². The highest BCUT2D eigenvalue weighted by Gasteiger charge is 2.24. The van der Waals surface area contributed by atoms with E-state index in [0.29, 0.717) is 17.4 Å². The number of aromatic nitrogens is 4. The molecule has 2 aromatic rings. The molecule has 0 aliphatic carbocycles. The molecule has 0 aliphatic rings. The van der Waals surface area contributed by atoms with Gasteiger partial charge in [0.1, 0.15) is 5.82 Å². The molecule has 1 atom stereocenters. The number of nitrogens with one attached hydrogen (secondary N) is 1.